The normalized spacial score (nSPS) is 18.4. The topological polar surface area (TPSA) is 53.1 Å². The lowest BCUT2D eigenvalue weighted by Crippen LogP contribution is -2.50. The van der Waals surface area contributed by atoms with E-state index in [0.29, 0.717) is 18.2 Å². The molecule has 2 saturated heterocycles. The fourth-order valence-corrected chi connectivity index (χ4v) is 4.75. The Morgan fingerprint density at radius 3 is 2.45 bits per heavy atom. The maximum atomic E-state index is 13.0. The van der Waals surface area contributed by atoms with Gasteiger partial charge in [0.05, 0.1) is 18.2 Å². The third-order valence-electron chi connectivity index (χ3n) is 5.95. The molecule has 0 N–H and O–H groups in total. The van der Waals surface area contributed by atoms with Crippen molar-refractivity contribution < 1.29 is 14.3 Å². The van der Waals surface area contributed by atoms with Gasteiger partial charge in [0.2, 0.25) is 0 Å². The van der Waals surface area contributed by atoms with Crippen LogP contribution in [-0.2, 0) is 4.79 Å². The van der Waals surface area contributed by atoms with Crippen molar-refractivity contribution in [2.75, 3.05) is 44.4 Å². The van der Waals surface area contributed by atoms with Crippen molar-refractivity contribution in [3.05, 3.63) is 64.6 Å². The molecule has 2 aliphatic rings. The molecule has 0 spiro atoms. The highest BCUT2D eigenvalue weighted by molar-refractivity contribution is 8.18. The molecule has 33 heavy (non-hydrogen) atoms. The number of benzene rings is 2. The zero-order chi connectivity index (χ0) is 23.2. The van der Waals surface area contributed by atoms with Crippen LogP contribution in [0.25, 0.3) is 6.08 Å². The van der Waals surface area contributed by atoms with E-state index >= 15 is 0 Å². The van der Waals surface area contributed by atoms with Gasteiger partial charge in [0, 0.05) is 37.4 Å². The van der Waals surface area contributed by atoms with Crippen LogP contribution in [-0.4, -0.2) is 60.4 Å². The predicted octanol–water partition coefficient (Wildman–Crippen LogP) is 4.99. The molecule has 6 nitrogen and oxygen atoms in total. The number of nitrogens with zero attached hydrogens (tertiary/aromatic N) is 3. The number of aryl methyl sites for hydroxylation is 1. The van der Waals surface area contributed by atoms with Crippen LogP contribution < -0.4 is 9.64 Å². The summed E-state index contributed by atoms with van der Waals surface area (Å²) in [5, 5.41) is -0.211. The van der Waals surface area contributed by atoms with Gasteiger partial charge in [-0.15, -0.1) is 0 Å². The van der Waals surface area contributed by atoms with Crippen LogP contribution in [0.1, 0.15) is 30.9 Å². The molecule has 4 rings (SSSR count). The van der Waals surface area contributed by atoms with E-state index in [1.54, 1.807) is 6.08 Å². The molecule has 2 aromatic rings. The van der Waals surface area contributed by atoms with E-state index in [9.17, 15) is 9.59 Å². The van der Waals surface area contributed by atoms with Gasteiger partial charge in [0.15, 0.2) is 0 Å². The largest absolute Gasteiger partial charge is 0.493 e. The molecule has 174 valence electrons. The van der Waals surface area contributed by atoms with Gasteiger partial charge >= 0.3 is 0 Å². The first-order valence-electron chi connectivity index (χ1n) is 11.6. The highest BCUT2D eigenvalue weighted by Crippen LogP contribution is 2.34. The fourth-order valence-electron chi connectivity index (χ4n) is 3.92. The third kappa shape index (κ3) is 5.78. The lowest BCUT2D eigenvalue weighted by Gasteiger charge is -2.37. The number of hydrogen-bond acceptors (Lipinski definition) is 6. The maximum Gasteiger partial charge on any atom is 0.294 e. The van der Waals surface area contributed by atoms with E-state index in [1.807, 2.05) is 24.3 Å². The highest BCUT2D eigenvalue weighted by atomic mass is 32.2. The molecule has 0 saturated carbocycles. The summed E-state index contributed by atoms with van der Waals surface area (Å²) in [7, 11) is 0. The van der Waals surface area contributed by atoms with Crippen LogP contribution in [0.2, 0.25) is 0 Å². The van der Waals surface area contributed by atoms with E-state index < -0.39 is 0 Å². The number of para-hydroxylation sites is 1. The van der Waals surface area contributed by atoms with E-state index in [2.05, 4.69) is 47.9 Å². The number of piperazine rings is 1. The van der Waals surface area contributed by atoms with Crippen molar-refractivity contribution in [1.29, 1.82) is 0 Å². The van der Waals surface area contributed by atoms with Gasteiger partial charge in [0.1, 0.15) is 5.75 Å². The second kappa shape index (κ2) is 10.9. The summed E-state index contributed by atoms with van der Waals surface area (Å²) in [4.78, 5) is 32.0. The Labute approximate surface area is 200 Å². The first-order chi connectivity index (χ1) is 16.0. The van der Waals surface area contributed by atoms with Crippen molar-refractivity contribution in [1.82, 2.24) is 9.80 Å². The predicted molar refractivity (Wildman–Crippen MR) is 134 cm³/mol. The summed E-state index contributed by atoms with van der Waals surface area (Å²) >= 11 is 1.01. The van der Waals surface area contributed by atoms with Crippen LogP contribution in [0, 0.1) is 6.92 Å². The van der Waals surface area contributed by atoms with Gasteiger partial charge in [-0.25, -0.2) is 0 Å². The zero-order valence-corrected chi connectivity index (χ0v) is 20.1. The average molecular weight is 466 g/mol. The van der Waals surface area contributed by atoms with Crippen molar-refractivity contribution in [3.8, 4) is 5.75 Å². The molecule has 0 aliphatic carbocycles. The molecule has 2 fully saturated rings. The van der Waals surface area contributed by atoms with Gasteiger partial charge in [0.25, 0.3) is 11.1 Å². The van der Waals surface area contributed by atoms with Crippen molar-refractivity contribution in [2.45, 2.75) is 26.7 Å². The number of carbonyl (C=O) groups is 2. The Hall–Kier alpha value is -2.77. The number of imide groups is 1. The molecule has 0 aromatic heterocycles. The molecule has 2 amide bonds. The number of carbonyl (C=O) groups excluding carboxylic acids is 2. The summed E-state index contributed by atoms with van der Waals surface area (Å²) in [5.41, 5.74) is 3.29. The Morgan fingerprint density at radius 2 is 1.73 bits per heavy atom. The highest BCUT2D eigenvalue weighted by Gasteiger charge is 2.36. The van der Waals surface area contributed by atoms with Gasteiger partial charge in [-0.1, -0.05) is 49.2 Å². The van der Waals surface area contributed by atoms with Crippen LogP contribution in [0.4, 0.5) is 10.5 Å². The number of rotatable bonds is 8. The van der Waals surface area contributed by atoms with Crippen LogP contribution >= 0.6 is 11.8 Å². The SMILES string of the molecule is CCCCOc1ccccc1/C=C1\SC(=O)N(CN2CCN(c3ccc(C)cc3)CC2)C1=O. The second-order valence-electron chi connectivity index (χ2n) is 8.43. The van der Waals surface area contributed by atoms with Crippen molar-refractivity contribution in [2.24, 2.45) is 0 Å². The molecule has 0 bridgehead atoms. The number of anilines is 1. The molecule has 7 heteroatoms. The van der Waals surface area contributed by atoms with Crippen molar-refractivity contribution >= 4 is 34.7 Å². The third-order valence-corrected chi connectivity index (χ3v) is 6.85. The summed E-state index contributed by atoms with van der Waals surface area (Å²) in [5.74, 6) is 0.513. The van der Waals surface area contributed by atoms with Gasteiger partial charge in [-0.3, -0.25) is 19.4 Å². The van der Waals surface area contributed by atoms with Gasteiger partial charge < -0.3 is 9.64 Å². The minimum Gasteiger partial charge on any atom is -0.493 e. The summed E-state index contributed by atoms with van der Waals surface area (Å²) in [6.45, 7) is 8.54. The number of unbranched alkanes of at least 4 members (excludes halogenated alkanes) is 1. The number of ether oxygens (including phenoxy) is 1. The zero-order valence-electron chi connectivity index (χ0n) is 19.3. The molecule has 0 atom stereocenters. The number of hydrogen-bond donors (Lipinski definition) is 0. The van der Waals surface area contributed by atoms with E-state index in [1.165, 1.54) is 16.2 Å². The quantitative estimate of drug-likeness (QED) is 0.404. The first-order valence-corrected chi connectivity index (χ1v) is 12.4. The minimum atomic E-state index is -0.227. The average Bonchev–Trinajstić information content (AvgIpc) is 3.09. The summed E-state index contributed by atoms with van der Waals surface area (Å²) in [6.07, 6.45) is 3.81. The maximum absolute atomic E-state index is 13.0. The number of thioether (sulfide) groups is 1. The molecule has 0 unspecified atom stereocenters. The smallest absolute Gasteiger partial charge is 0.294 e. The van der Waals surface area contributed by atoms with E-state index in [4.69, 9.17) is 4.74 Å². The number of amides is 2. The van der Waals surface area contributed by atoms with E-state index in [-0.39, 0.29) is 11.1 Å². The second-order valence-corrected chi connectivity index (χ2v) is 9.42. The first kappa shape index (κ1) is 23.4. The fraction of sp³-hybridized carbons (Fsp3) is 0.385. The van der Waals surface area contributed by atoms with E-state index in [0.717, 1.165) is 62.1 Å². The van der Waals surface area contributed by atoms with Gasteiger partial charge in [-0.2, -0.15) is 0 Å². The Bertz CT molecular complexity index is 1010. The Morgan fingerprint density at radius 1 is 1.00 bits per heavy atom. The molecule has 2 heterocycles. The Balaban J connectivity index is 1.37. The van der Waals surface area contributed by atoms with Gasteiger partial charge in [-0.05, 0) is 49.4 Å². The molecule has 0 radical (unpaired) electrons. The molecular weight excluding hydrogens is 434 g/mol. The summed E-state index contributed by atoms with van der Waals surface area (Å²) in [6, 6.07) is 16.2. The molecule has 2 aliphatic heterocycles. The molecule has 2 aromatic carbocycles. The minimum absolute atomic E-state index is 0.211. The summed E-state index contributed by atoms with van der Waals surface area (Å²) < 4.78 is 5.87. The standard InChI is InChI=1S/C26H31N3O3S/c1-3-4-17-32-23-8-6-5-7-21(23)18-24-25(30)29(26(31)33-24)19-27-13-15-28(16-14-27)22-11-9-20(2)10-12-22/h5-12,18H,3-4,13-17,19H2,1-2H3/b24-18-. The van der Waals surface area contributed by atoms with Crippen molar-refractivity contribution in [3.63, 3.8) is 0 Å². The molecular formula is C26H31N3O3S. The monoisotopic (exact) mass is 465 g/mol. The van der Waals surface area contributed by atoms with Crippen LogP contribution in [0.15, 0.2) is 53.4 Å². The van der Waals surface area contributed by atoms with Crippen LogP contribution in [0.5, 0.6) is 5.75 Å². The lowest BCUT2D eigenvalue weighted by molar-refractivity contribution is -0.124. The van der Waals surface area contributed by atoms with Crippen LogP contribution in [0.3, 0.4) is 0 Å². The Kier molecular flexibility index (Phi) is 7.73. The lowest BCUT2D eigenvalue weighted by atomic mass is 10.2.